The van der Waals surface area contributed by atoms with Crippen molar-refractivity contribution in [3.05, 3.63) is 65.2 Å². The maximum atomic E-state index is 13.5. The van der Waals surface area contributed by atoms with Crippen molar-refractivity contribution in [3.63, 3.8) is 0 Å². The number of methoxy groups -OCH3 is 1. The van der Waals surface area contributed by atoms with Gasteiger partial charge in [-0.15, -0.1) is 0 Å². The highest BCUT2D eigenvalue weighted by atomic mass is 16.5. The third kappa shape index (κ3) is 3.86. The number of piperazine rings is 1. The van der Waals surface area contributed by atoms with E-state index in [9.17, 15) is 4.79 Å². The van der Waals surface area contributed by atoms with E-state index >= 15 is 0 Å². The van der Waals surface area contributed by atoms with Gasteiger partial charge in [-0.1, -0.05) is 36.4 Å². The van der Waals surface area contributed by atoms with Crippen LogP contribution in [0.4, 0.5) is 0 Å². The highest BCUT2D eigenvalue weighted by Crippen LogP contribution is 2.43. The molecule has 2 atom stereocenters. The van der Waals surface area contributed by atoms with Crippen LogP contribution in [0.3, 0.4) is 0 Å². The molecule has 0 spiro atoms. The second-order valence-electron chi connectivity index (χ2n) is 8.82. The summed E-state index contributed by atoms with van der Waals surface area (Å²) in [5.74, 6) is 1.14. The molecule has 6 heteroatoms. The smallest absolute Gasteiger partial charge is 0.257 e. The van der Waals surface area contributed by atoms with Crippen molar-refractivity contribution in [2.45, 2.75) is 18.9 Å². The first-order valence-corrected chi connectivity index (χ1v) is 11.2. The van der Waals surface area contributed by atoms with E-state index in [-0.39, 0.29) is 17.9 Å². The molecule has 2 aromatic carbocycles. The van der Waals surface area contributed by atoms with Gasteiger partial charge in [0.2, 0.25) is 0 Å². The van der Waals surface area contributed by atoms with E-state index in [4.69, 9.17) is 9.84 Å². The first kappa shape index (κ1) is 20.2. The molecule has 0 radical (unpaired) electrons. The average molecular weight is 419 g/mol. The van der Waals surface area contributed by atoms with Crippen LogP contribution < -0.4 is 4.74 Å². The van der Waals surface area contributed by atoms with Crippen LogP contribution in [0.5, 0.6) is 5.75 Å². The van der Waals surface area contributed by atoms with Crippen molar-refractivity contribution >= 4 is 11.6 Å². The van der Waals surface area contributed by atoms with Crippen molar-refractivity contribution < 1.29 is 9.53 Å². The Balaban J connectivity index is 1.46. The number of hydrogen-bond donors (Lipinski definition) is 0. The van der Waals surface area contributed by atoms with E-state index in [2.05, 4.69) is 53.2 Å². The highest BCUT2D eigenvalue weighted by Gasteiger charge is 2.44. The lowest BCUT2D eigenvalue weighted by atomic mass is 9.77. The Bertz CT molecular complexity index is 979. The summed E-state index contributed by atoms with van der Waals surface area (Å²) in [5, 5.41) is 6.74. The Morgan fingerprint density at radius 3 is 2.55 bits per heavy atom. The van der Waals surface area contributed by atoms with Crippen molar-refractivity contribution in [2.24, 2.45) is 11.0 Å². The minimum atomic E-state index is -0.0609. The number of nitrogens with zero attached hydrogens (tertiary/aromatic N) is 4. The number of fused-ring (bicyclic) bond motifs is 3. The van der Waals surface area contributed by atoms with Gasteiger partial charge in [-0.3, -0.25) is 9.69 Å². The first-order chi connectivity index (χ1) is 15.1. The van der Waals surface area contributed by atoms with Crippen LogP contribution in [0.15, 0.2) is 53.6 Å². The molecule has 1 fully saturated rings. The van der Waals surface area contributed by atoms with Gasteiger partial charge in [0, 0.05) is 37.7 Å². The molecule has 2 aromatic rings. The van der Waals surface area contributed by atoms with Crippen molar-refractivity contribution in [3.8, 4) is 5.75 Å². The Labute approximate surface area is 184 Å². The molecule has 0 unspecified atom stereocenters. The maximum absolute atomic E-state index is 13.5. The van der Waals surface area contributed by atoms with Gasteiger partial charge < -0.3 is 9.64 Å². The molecule has 2 heterocycles. The predicted molar refractivity (Wildman–Crippen MR) is 121 cm³/mol. The molecule has 0 aromatic heterocycles. The number of carbonyl (C=O) groups is 1. The predicted octanol–water partition coefficient (Wildman–Crippen LogP) is 2.79. The summed E-state index contributed by atoms with van der Waals surface area (Å²) < 4.78 is 5.35. The fourth-order valence-corrected chi connectivity index (χ4v) is 5.08. The minimum Gasteiger partial charge on any atom is -0.497 e. The van der Waals surface area contributed by atoms with E-state index in [1.54, 1.807) is 12.1 Å². The molecule has 3 aliphatic rings. The minimum absolute atomic E-state index is 0.0609. The fourth-order valence-electron chi connectivity index (χ4n) is 5.08. The van der Waals surface area contributed by atoms with Gasteiger partial charge in [0.1, 0.15) is 5.75 Å². The summed E-state index contributed by atoms with van der Waals surface area (Å²) in [6.07, 6.45) is 2.03. The number of likely N-dealkylation sites (N-methyl/N-ethyl adjacent to an activating group) is 1. The zero-order chi connectivity index (χ0) is 21.4. The van der Waals surface area contributed by atoms with Gasteiger partial charge >= 0.3 is 0 Å². The Morgan fingerprint density at radius 2 is 1.81 bits per heavy atom. The summed E-state index contributed by atoms with van der Waals surface area (Å²) >= 11 is 0. The van der Waals surface area contributed by atoms with Crippen LogP contribution in [0, 0.1) is 5.92 Å². The average Bonchev–Trinajstić information content (AvgIpc) is 3.21. The lowest BCUT2D eigenvalue weighted by Crippen LogP contribution is -2.48. The van der Waals surface area contributed by atoms with E-state index in [0.29, 0.717) is 6.54 Å². The van der Waals surface area contributed by atoms with E-state index < -0.39 is 0 Å². The monoisotopic (exact) mass is 418 g/mol. The van der Waals surface area contributed by atoms with Crippen LogP contribution in [0.25, 0.3) is 0 Å². The first-order valence-electron chi connectivity index (χ1n) is 11.2. The standard InChI is InChI=1S/C25H30N4O2/c1-27-13-15-28(16-14-27)17-23(30)29-25(19-7-10-20(31-2)11-8-19)22-12-9-18-5-3-4-6-21(18)24(22)26-29/h3-8,10-11,22,25H,9,12-17H2,1-2H3/t22-,25+/m0/s1. The Morgan fingerprint density at radius 1 is 1.06 bits per heavy atom. The van der Waals surface area contributed by atoms with Crippen molar-refractivity contribution in [2.75, 3.05) is 46.9 Å². The summed E-state index contributed by atoms with van der Waals surface area (Å²) in [6.45, 7) is 4.27. The van der Waals surface area contributed by atoms with Crippen LogP contribution >= 0.6 is 0 Å². The molecule has 5 rings (SSSR count). The molecular formula is C25H30N4O2. The third-order valence-electron chi connectivity index (χ3n) is 6.90. The molecule has 162 valence electrons. The van der Waals surface area contributed by atoms with Crippen molar-refractivity contribution in [1.29, 1.82) is 0 Å². The summed E-state index contributed by atoms with van der Waals surface area (Å²) in [5.41, 5.74) is 4.72. The van der Waals surface area contributed by atoms with E-state index in [1.165, 1.54) is 11.1 Å². The number of ether oxygens (including phenoxy) is 1. The number of rotatable bonds is 4. The number of benzene rings is 2. The topological polar surface area (TPSA) is 48.4 Å². The number of amides is 1. The fraction of sp³-hybridized carbons (Fsp3) is 0.440. The van der Waals surface area contributed by atoms with Crippen LogP contribution in [-0.2, 0) is 11.2 Å². The second kappa shape index (κ2) is 8.44. The molecule has 1 amide bonds. The van der Waals surface area contributed by atoms with Crippen LogP contribution in [0.2, 0.25) is 0 Å². The molecule has 0 N–H and O–H groups in total. The zero-order valence-corrected chi connectivity index (χ0v) is 18.3. The number of aryl methyl sites for hydroxylation is 1. The lowest BCUT2D eigenvalue weighted by molar-refractivity contribution is -0.135. The van der Waals surface area contributed by atoms with Gasteiger partial charge in [-0.05, 0) is 43.1 Å². The molecule has 6 nitrogen and oxygen atoms in total. The molecule has 1 aliphatic carbocycles. The van der Waals surface area contributed by atoms with E-state index in [1.807, 2.05) is 12.1 Å². The normalized spacial score (nSPS) is 23.8. The number of carbonyl (C=O) groups excluding carboxylic acids is 1. The molecule has 1 saturated heterocycles. The Kier molecular flexibility index (Phi) is 5.50. The number of hydrogen-bond acceptors (Lipinski definition) is 5. The molecule has 2 aliphatic heterocycles. The van der Waals surface area contributed by atoms with Gasteiger partial charge in [0.25, 0.3) is 5.91 Å². The number of hydrazone groups is 1. The molecular weight excluding hydrogens is 388 g/mol. The molecule has 0 saturated carbocycles. The quantitative estimate of drug-likeness (QED) is 0.766. The molecule has 0 bridgehead atoms. The van der Waals surface area contributed by atoms with Gasteiger partial charge in [0.05, 0.1) is 25.4 Å². The second-order valence-corrected chi connectivity index (χ2v) is 8.82. The molecule has 31 heavy (non-hydrogen) atoms. The SMILES string of the molecule is COc1ccc([C@@H]2[C@H]3CCc4ccccc4C3=NN2C(=O)CN2CCN(C)CC2)cc1. The van der Waals surface area contributed by atoms with Crippen LogP contribution in [0.1, 0.15) is 29.2 Å². The van der Waals surface area contributed by atoms with Gasteiger partial charge in [-0.25, -0.2) is 5.01 Å². The largest absolute Gasteiger partial charge is 0.497 e. The maximum Gasteiger partial charge on any atom is 0.257 e. The van der Waals surface area contributed by atoms with Crippen molar-refractivity contribution in [1.82, 2.24) is 14.8 Å². The van der Waals surface area contributed by atoms with Gasteiger partial charge in [-0.2, -0.15) is 5.10 Å². The van der Waals surface area contributed by atoms with E-state index in [0.717, 1.165) is 56.0 Å². The highest BCUT2D eigenvalue weighted by molar-refractivity contribution is 6.06. The summed E-state index contributed by atoms with van der Waals surface area (Å²) in [6, 6.07) is 16.6. The van der Waals surface area contributed by atoms with Crippen LogP contribution in [-0.4, -0.2) is 73.3 Å². The lowest BCUT2D eigenvalue weighted by Gasteiger charge is -2.34. The Hall–Kier alpha value is -2.70. The summed E-state index contributed by atoms with van der Waals surface area (Å²) in [7, 11) is 3.81. The third-order valence-corrected chi connectivity index (χ3v) is 6.90. The summed E-state index contributed by atoms with van der Waals surface area (Å²) in [4.78, 5) is 18.1. The zero-order valence-electron chi connectivity index (χ0n) is 18.3. The van der Waals surface area contributed by atoms with Gasteiger partial charge in [0.15, 0.2) is 0 Å².